The second kappa shape index (κ2) is 21.7. The molecule has 1 aromatic heterocycles. The molecule has 0 saturated heterocycles. The number of hydrogen-bond acceptors (Lipinski definition) is 2. The molecule has 28 heteroatoms. The normalized spacial score (nSPS) is 13.2. The van der Waals surface area contributed by atoms with Gasteiger partial charge in [-0.3, -0.25) is 4.79 Å². The minimum Gasteiger partial charge on any atom is -0.287 e. The molecule has 7 aromatic carbocycles. The lowest BCUT2D eigenvalue weighted by molar-refractivity contribution is -0.683. The van der Waals surface area contributed by atoms with Crippen LogP contribution in [0.3, 0.4) is 0 Å². The molecule has 0 atom stereocenters. The van der Waals surface area contributed by atoms with Gasteiger partial charge in [0.05, 0.1) is 50.7 Å². The van der Waals surface area contributed by atoms with Crippen LogP contribution >= 0.6 is 0 Å². The number of hydrogen-bond donors (Lipinski definition) is 0. The fourth-order valence-corrected chi connectivity index (χ4v) is 8.98. The Morgan fingerprint density at radius 2 is 0.671 bits per heavy atom. The van der Waals surface area contributed by atoms with Crippen LogP contribution in [0.25, 0.3) is 22.0 Å². The lowest BCUT2D eigenvalue weighted by atomic mass is 9.12. The number of carbonyl (C=O) groups excluding carboxylic acids is 1. The molecular weight excluding hydrogens is 1160 g/mol. The van der Waals surface area contributed by atoms with Gasteiger partial charge < -0.3 is 0 Å². The van der Waals surface area contributed by atoms with E-state index in [0.29, 0.717) is 6.54 Å². The van der Waals surface area contributed by atoms with Crippen LogP contribution in [0.15, 0.2) is 164 Å². The molecule has 0 unspecified atom stereocenters. The maximum absolute atomic E-state index is 14.2. The van der Waals surface area contributed by atoms with Gasteiger partial charge in [-0.1, -0.05) is 115 Å². The summed E-state index contributed by atoms with van der Waals surface area (Å²) in [5.74, 6) is 0.0845. The number of carbonyl (C=O) groups is 1. The molecule has 3 nitrogen and oxygen atoms in total. The maximum atomic E-state index is 14.2. The predicted molar refractivity (Wildman–Crippen MR) is 248 cm³/mol. The first-order valence-electron chi connectivity index (χ1n) is 22.8. The number of Topliss-reactive ketones (excluding diaryl/α,β-unsaturated/α-hetero) is 1. The van der Waals surface area contributed by atoms with E-state index in [-0.39, 0.29) is 5.78 Å². The summed E-state index contributed by atoms with van der Waals surface area (Å²) in [5.41, 5.74) is -27.6. The van der Waals surface area contributed by atoms with Crippen molar-refractivity contribution in [3.8, 4) is 11.3 Å². The van der Waals surface area contributed by atoms with E-state index in [4.69, 9.17) is 0 Å². The number of ketones is 1. The van der Waals surface area contributed by atoms with Crippen molar-refractivity contribution in [3.63, 3.8) is 0 Å². The topological polar surface area (TPSA) is 33.8 Å². The third-order valence-corrected chi connectivity index (χ3v) is 12.7. The summed E-state index contributed by atoms with van der Waals surface area (Å²) >= 11 is 0. The van der Waals surface area contributed by atoms with E-state index in [1.807, 2.05) is 59.4 Å². The zero-order chi connectivity index (χ0) is 61.0. The zero-order valence-corrected chi connectivity index (χ0v) is 40.2. The molecule has 0 aliphatic heterocycles. The van der Waals surface area contributed by atoms with Gasteiger partial charge in [0.15, 0.2) is 12.4 Å². The van der Waals surface area contributed by atoms with Gasteiger partial charge in [-0.2, -0.15) is 132 Å². The number of alkyl halides is 24. The van der Waals surface area contributed by atoms with E-state index in [9.17, 15) is 110 Å². The molecule has 0 bridgehead atoms. The number of aromatic nitrogens is 2. The summed E-state index contributed by atoms with van der Waals surface area (Å²) in [6.07, 6.45) is -49.3. The van der Waals surface area contributed by atoms with Gasteiger partial charge in [0.25, 0.3) is 0 Å². The minimum absolute atomic E-state index is 0.0845. The van der Waals surface area contributed by atoms with E-state index in [2.05, 4.69) is 35.3 Å². The van der Waals surface area contributed by atoms with Gasteiger partial charge in [-0.15, -0.1) is 0 Å². The number of benzene rings is 7. The summed E-state index contributed by atoms with van der Waals surface area (Å²) in [4.78, 5) is 16.9. The Morgan fingerprint density at radius 3 is 0.988 bits per heavy atom. The number of rotatable bonds is 8. The smallest absolute Gasteiger partial charge is 0.287 e. The molecule has 1 heterocycles. The van der Waals surface area contributed by atoms with Gasteiger partial charge in [0.1, 0.15) is 11.8 Å². The van der Waals surface area contributed by atoms with E-state index in [1.165, 1.54) is 10.8 Å². The Kier molecular flexibility index (Phi) is 16.3. The third-order valence-electron chi connectivity index (χ3n) is 12.7. The van der Waals surface area contributed by atoms with Crippen LogP contribution in [0, 0.1) is 0 Å². The Balaban J connectivity index is 0.000000318. The minimum atomic E-state index is -6.13. The van der Waals surface area contributed by atoms with Crippen LogP contribution in [0.4, 0.5) is 105 Å². The van der Waals surface area contributed by atoms with E-state index < -0.39 is 195 Å². The van der Waals surface area contributed by atoms with Crippen molar-refractivity contribution in [3.05, 3.63) is 214 Å². The van der Waals surface area contributed by atoms with Crippen molar-refractivity contribution in [2.75, 3.05) is 0 Å². The summed E-state index contributed by atoms with van der Waals surface area (Å²) in [7, 11) is 0. The molecule has 432 valence electrons. The van der Waals surface area contributed by atoms with Crippen LogP contribution in [0.2, 0.25) is 0 Å². The Morgan fingerprint density at radius 1 is 0.366 bits per heavy atom. The van der Waals surface area contributed by atoms with Gasteiger partial charge in [0, 0.05) is 11.1 Å². The zero-order valence-electron chi connectivity index (χ0n) is 40.2. The fourth-order valence-electron chi connectivity index (χ4n) is 8.98. The lowest BCUT2D eigenvalue weighted by Crippen LogP contribution is -2.75. The quantitative estimate of drug-likeness (QED) is 0.0658. The van der Waals surface area contributed by atoms with Crippen LogP contribution in [-0.2, 0) is 56.0 Å². The van der Waals surface area contributed by atoms with E-state index >= 15 is 0 Å². The molecular formula is C54H29BF24N2O. The van der Waals surface area contributed by atoms with Crippen molar-refractivity contribution in [2.45, 2.75) is 56.0 Å². The van der Waals surface area contributed by atoms with Crippen molar-refractivity contribution >= 4 is 44.6 Å². The molecule has 8 aromatic rings. The van der Waals surface area contributed by atoms with Crippen molar-refractivity contribution in [1.82, 2.24) is 4.98 Å². The van der Waals surface area contributed by atoms with Gasteiger partial charge >= 0.3 is 49.4 Å². The molecule has 8 rings (SSSR count). The largest absolute Gasteiger partial charge is 0.416 e. The summed E-state index contributed by atoms with van der Waals surface area (Å²) in [6, 6.07) is 15.1. The molecule has 0 amide bonds. The highest BCUT2D eigenvalue weighted by atomic mass is 19.4. The molecule has 0 radical (unpaired) electrons. The maximum Gasteiger partial charge on any atom is 0.416 e. The Labute approximate surface area is 445 Å². The Bertz CT molecular complexity index is 3210. The number of nitrogens with zero attached hydrogens (tertiary/aromatic N) is 2. The SMILES string of the molecule is FC(F)(F)c1cc([B-](c2cc(C(F)(F)F)cc(C(F)(F)F)c2)(c2cc(C(F)(F)F)cc(C(F)(F)F)c2)c2cc(C(F)(F)F)cc(C(F)(F)F)c2)cc(C(F)(F)F)c1.O=C(C[n+]1ccnc(-c2ccc3ccccc3c2)c1)c1ccccc1. The van der Waals surface area contributed by atoms with Crippen LogP contribution < -0.4 is 26.4 Å². The molecule has 0 fully saturated rings. The predicted octanol–water partition coefficient (Wildman–Crippen LogP) is 15.3. The van der Waals surface area contributed by atoms with Gasteiger partial charge in [0.2, 0.25) is 12.3 Å². The summed E-state index contributed by atoms with van der Waals surface area (Å²) in [5, 5.41) is 2.38. The summed E-state index contributed by atoms with van der Waals surface area (Å²) < 4.78 is 343. The molecule has 0 spiro atoms. The average Bonchev–Trinajstić information content (AvgIpc) is 1.61. The Hall–Kier alpha value is -8.07. The van der Waals surface area contributed by atoms with Crippen LogP contribution in [-0.4, -0.2) is 16.9 Å². The first-order valence-corrected chi connectivity index (χ1v) is 22.8. The van der Waals surface area contributed by atoms with Crippen molar-refractivity contribution < 1.29 is 115 Å². The molecule has 0 aliphatic rings. The second-order valence-corrected chi connectivity index (χ2v) is 18.2. The second-order valence-electron chi connectivity index (χ2n) is 18.2. The standard InChI is InChI=1S/C32H12BF24.C22H17N2O/c34-25(35,36)13-1-14(26(37,38)39)6-21(5-13)33(22-7-15(27(40,41)42)2-16(8-22)28(43,44)45,23-9-17(29(46,47)48)3-18(10-23)30(49,50)51)24-11-19(31(52,53)54)4-20(12-24)32(55,56)57;25-22(18-7-2-1-3-8-18)16-24-13-12-23-21(15-24)20-11-10-17-6-4-5-9-19(17)14-20/h1-12H;1-15H,16H2/q-1;+1. The summed E-state index contributed by atoms with van der Waals surface area (Å²) in [6.45, 7) is 0.299. The van der Waals surface area contributed by atoms with Crippen LogP contribution in [0.5, 0.6) is 0 Å². The van der Waals surface area contributed by atoms with Crippen molar-refractivity contribution in [1.29, 1.82) is 0 Å². The third kappa shape index (κ3) is 13.8. The highest BCUT2D eigenvalue weighted by molar-refractivity contribution is 7.20. The lowest BCUT2D eigenvalue weighted by Gasteiger charge is -2.46. The number of halogens is 24. The highest BCUT2D eigenvalue weighted by Crippen LogP contribution is 2.41. The first-order chi connectivity index (χ1) is 37.6. The van der Waals surface area contributed by atoms with E-state index in [1.54, 1.807) is 6.20 Å². The molecule has 0 saturated carbocycles. The average molecular weight is 1190 g/mol. The van der Waals surface area contributed by atoms with Gasteiger partial charge in [-0.05, 0) is 41.1 Å². The molecule has 0 N–H and O–H groups in total. The highest BCUT2D eigenvalue weighted by Gasteiger charge is 2.47. The molecule has 0 aliphatic carbocycles. The van der Waals surface area contributed by atoms with Crippen molar-refractivity contribution in [2.24, 2.45) is 0 Å². The van der Waals surface area contributed by atoms with Gasteiger partial charge in [-0.25, -0.2) is 4.98 Å². The fraction of sp³-hybridized carbons (Fsp3) is 0.167. The first kappa shape index (κ1) is 61.6. The van der Waals surface area contributed by atoms with Crippen LogP contribution in [0.1, 0.15) is 54.9 Å². The molecule has 82 heavy (non-hydrogen) atoms. The number of fused-ring (bicyclic) bond motifs is 1. The monoisotopic (exact) mass is 1190 g/mol. The van der Waals surface area contributed by atoms with E-state index in [0.717, 1.165) is 16.8 Å².